The molecule has 0 saturated heterocycles. The van der Waals surface area contributed by atoms with E-state index in [-0.39, 0.29) is 18.0 Å². The second kappa shape index (κ2) is 5.35. The van der Waals surface area contributed by atoms with Crippen molar-refractivity contribution in [3.8, 4) is 0 Å². The van der Waals surface area contributed by atoms with E-state index in [0.717, 1.165) is 31.4 Å². The molecule has 1 aromatic heterocycles. The Kier molecular flexibility index (Phi) is 3.81. The highest BCUT2D eigenvalue weighted by Gasteiger charge is 2.26. The van der Waals surface area contributed by atoms with Crippen LogP contribution in [0.15, 0.2) is 18.3 Å². The third kappa shape index (κ3) is 2.61. The lowest BCUT2D eigenvalue weighted by molar-refractivity contribution is 0.106. The van der Waals surface area contributed by atoms with Crippen molar-refractivity contribution in [2.45, 2.75) is 37.8 Å². The molecule has 0 amide bonds. The van der Waals surface area contributed by atoms with Crippen LogP contribution in [0.25, 0.3) is 0 Å². The van der Waals surface area contributed by atoms with Crippen LogP contribution >= 0.6 is 0 Å². The average molecular weight is 248 g/mol. The Bertz CT molecular complexity index is 418. The summed E-state index contributed by atoms with van der Waals surface area (Å²) in [6.45, 7) is 0. The molecule has 98 valence electrons. The lowest BCUT2D eigenvalue weighted by Crippen LogP contribution is -2.43. The number of nitrogens with two attached hydrogens (primary N) is 1. The van der Waals surface area contributed by atoms with Crippen molar-refractivity contribution in [1.29, 1.82) is 5.41 Å². The van der Waals surface area contributed by atoms with Crippen LogP contribution < -0.4 is 10.6 Å². The smallest absolute Gasteiger partial charge is 0.141 e. The number of amidine groups is 1. The van der Waals surface area contributed by atoms with Gasteiger partial charge in [-0.25, -0.2) is 0 Å². The molecule has 1 heterocycles. The maximum atomic E-state index is 10.0. The summed E-state index contributed by atoms with van der Waals surface area (Å²) in [7, 11) is 1.98. The van der Waals surface area contributed by atoms with Gasteiger partial charge in [-0.15, -0.1) is 0 Å². The van der Waals surface area contributed by atoms with Crippen LogP contribution in [0.2, 0.25) is 0 Å². The van der Waals surface area contributed by atoms with Crippen LogP contribution in [0.5, 0.6) is 0 Å². The van der Waals surface area contributed by atoms with Crippen molar-refractivity contribution in [3.63, 3.8) is 0 Å². The Balaban J connectivity index is 2.12. The van der Waals surface area contributed by atoms with Crippen LogP contribution in [-0.2, 0) is 0 Å². The molecule has 2 atom stereocenters. The monoisotopic (exact) mass is 248 g/mol. The number of likely N-dealkylation sites (N-methyl/N-ethyl adjacent to an activating group) is 1. The predicted octanol–water partition coefficient (Wildman–Crippen LogP) is 1.11. The van der Waals surface area contributed by atoms with Gasteiger partial charge in [-0.2, -0.15) is 0 Å². The summed E-state index contributed by atoms with van der Waals surface area (Å²) in [5.41, 5.74) is 6.80. The molecule has 0 bridgehead atoms. The number of hydrogen-bond acceptors (Lipinski definition) is 4. The molecule has 1 aliphatic rings. The van der Waals surface area contributed by atoms with Gasteiger partial charge in [0.2, 0.25) is 0 Å². The first kappa shape index (κ1) is 12.8. The SMILES string of the molecule is CN(c1ccc(C(=N)N)nc1)C1CCCCC1O. The molecule has 4 N–H and O–H groups in total. The number of rotatable bonds is 3. The lowest BCUT2D eigenvalue weighted by atomic mass is 9.91. The van der Waals surface area contributed by atoms with Gasteiger partial charge in [0.25, 0.3) is 0 Å². The molecule has 5 nitrogen and oxygen atoms in total. The molecule has 2 unspecified atom stereocenters. The van der Waals surface area contributed by atoms with Crippen LogP contribution in [0.3, 0.4) is 0 Å². The summed E-state index contributed by atoms with van der Waals surface area (Å²) in [4.78, 5) is 6.22. The summed E-state index contributed by atoms with van der Waals surface area (Å²) < 4.78 is 0. The van der Waals surface area contributed by atoms with E-state index in [1.165, 1.54) is 0 Å². The Morgan fingerprint density at radius 1 is 1.44 bits per heavy atom. The fourth-order valence-corrected chi connectivity index (χ4v) is 2.49. The summed E-state index contributed by atoms with van der Waals surface area (Å²) in [6.07, 6.45) is 5.58. The maximum Gasteiger partial charge on any atom is 0.141 e. The highest BCUT2D eigenvalue weighted by Crippen LogP contribution is 2.26. The Labute approximate surface area is 107 Å². The van der Waals surface area contributed by atoms with Crippen molar-refractivity contribution in [1.82, 2.24) is 4.98 Å². The quantitative estimate of drug-likeness (QED) is 0.552. The highest BCUT2D eigenvalue weighted by atomic mass is 16.3. The number of nitrogens with one attached hydrogen (secondary N) is 1. The molecule has 0 aromatic carbocycles. The maximum absolute atomic E-state index is 10.0. The summed E-state index contributed by atoms with van der Waals surface area (Å²) in [6, 6.07) is 3.79. The van der Waals surface area contributed by atoms with Gasteiger partial charge >= 0.3 is 0 Å². The molecule has 0 spiro atoms. The van der Waals surface area contributed by atoms with E-state index in [0.29, 0.717) is 5.69 Å². The number of nitrogens with zero attached hydrogens (tertiary/aromatic N) is 2. The topological polar surface area (TPSA) is 86.2 Å². The first-order valence-electron chi connectivity index (χ1n) is 6.31. The zero-order chi connectivity index (χ0) is 13.1. The Morgan fingerprint density at radius 3 is 2.72 bits per heavy atom. The molecule has 0 radical (unpaired) electrons. The third-order valence-corrected chi connectivity index (χ3v) is 3.62. The van der Waals surface area contributed by atoms with Crippen molar-refractivity contribution in [2.24, 2.45) is 5.73 Å². The molecule has 1 aromatic rings. The summed E-state index contributed by atoms with van der Waals surface area (Å²) in [5.74, 6) is -0.0260. The minimum atomic E-state index is -0.267. The number of aliphatic hydroxyl groups excluding tert-OH is 1. The van der Waals surface area contributed by atoms with E-state index in [4.69, 9.17) is 11.1 Å². The standard InChI is InChI=1S/C13H20N4O/c1-17(11-4-2-3-5-12(11)18)9-6-7-10(13(14)15)16-8-9/h6-8,11-12,18H,2-5H2,1H3,(H3,14,15). The third-order valence-electron chi connectivity index (χ3n) is 3.62. The van der Waals surface area contributed by atoms with Crippen molar-refractivity contribution < 1.29 is 5.11 Å². The van der Waals surface area contributed by atoms with E-state index in [1.807, 2.05) is 13.1 Å². The van der Waals surface area contributed by atoms with Gasteiger partial charge in [0, 0.05) is 7.05 Å². The normalized spacial score (nSPS) is 23.7. The van der Waals surface area contributed by atoms with Crippen LogP contribution in [0.4, 0.5) is 5.69 Å². The van der Waals surface area contributed by atoms with Crippen LogP contribution in [0, 0.1) is 5.41 Å². The number of aliphatic hydroxyl groups is 1. The van der Waals surface area contributed by atoms with Crippen molar-refractivity contribution in [2.75, 3.05) is 11.9 Å². The van der Waals surface area contributed by atoms with E-state index in [9.17, 15) is 5.11 Å². The van der Waals surface area contributed by atoms with Gasteiger partial charge in [0.1, 0.15) is 11.5 Å². The summed E-state index contributed by atoms with van der Waals surface area (Å²) >= 11 is 0. The second-order valence-electron chi connectivity index (χ2n) is 4.85. The fourth-order valence-electron chi connectivity index (χ4n) is 2.49. The first-order chi connectivity index (χ1) is 8.59. The highest BCUT2D eigenvalue weighted by molar-refractivity contribution is 5.93. The Hall–Kier alpha value is -1.62. The first-order valence-corrected chi connectivity index (χ1v) is 6.31. The zero-order valence-corrected chi connectivity index (χ0v) is 10.6. The number of nitrogen functional groups attached to an aromatic ring is 1. The predicted molar refractivity (Wildman–Crippen MR) is 71.9 cm³/mol. The number of anilines is 1. The Morgan fingerprint density at radius 2 is 2.17 bits per heavy atom. The average Bonchev–Trinajstić information content (AvgIpc) is 2.38. The molecular weight excluding hydrogens is 228 g/mol. The zero-order valence-electron chi connectivity index (χ0n) is 10.6. The minimum absolute atomic E-state index is 0.0260. The van der Waals surface area contributed by atoms with Crippen molar-refractivity contribution >= 4 is 11.5 Å². The van der Waals surface area contributed by atoms with E-state index in [2.05, 4.69) is 9.88 Å². The van der Waals surface area contributed by atoms with E-state index >= 15 is 0 Å². The largest absolute Gasteiger partial charge is 0.391 e. The van der Waals surface area contributed by atoms with E-state index in [1.54, 1.807) is 12.3 Å². The molecule has 0 aliphatic heterocycles. The number of aromatic nitrogens is 1. The van der Waals surface area contributed by atoms with E-state index < -0.39 is 0 Å². The molecule has 1 saturated carbocycles. The van der Waals surface area contributed by atoms with Crippen LogP contribution in [0.1, 0.15) is 31.4 Å². The van der Waals surface area contributed by atoms with Gasteiger partial charge in [-0.1, -0.05) is 12.8 Å². The minimum Gasteiger partial charge on any atom is -0.391 e. The van der Waals surface area contributed by atoms with Gasteiger partial charge in [0.15, 0.2) is 0 Å². The molecule has 1 fully saturated rings. The van der Waals surface area contributed by atoms with Crippen LogP contribution in [-0.4, -0.2) is 35.1 Å². The number of pyridine rings is 1. The summed E-state index contributed by atoms with van der Waals surface area (Å²) in [5, 5.41) is 17.3. The fraction of sp³-hybridized carbons (Fsp3) is 0.538. The lowest BCUT2D eigenvalue weighted by Gasteiger charge is -2.36. The molecule has 18 heavy (non-hydrogen) atoms. The molecule has 5 heteroatoms. The van der Waals surface area contributed by atoms with Gasteiger partial charge < -0.3 is 15.7 Å². The van der Waals surface area contributed by atoms with Gasteiger partial charge in [0.05, 0.1) is 24.0 Å². The second-order valence-corrected chi connectivity index (χ2v) is 4.85. The molecule has 2 rings (SSSR count). The molecule has 1 aliphatic carbocycles. The van der Waals surface area contributed by atoms with Crippen molar-refractivity contribution in [3.05, 3.63) is 24.0 Å². The van der Waals surface area contributed by atoms with Gasteiger partial charge in [-0.3, -0.25) is 10.4 Å². The number of hydrogen-bond donors (Lipinski definition) is 3. The molecular formula is C13H20N4O. The van der Waals surface area contributed by atoms with Gasteiger partial charge in [-0.05, 0) is 25.0 Å².